The van der Waals surface area contributed by atoms with Gasteiger partial charge in [0.25, 0.3) is 0 Å². The molecular weight excluding hydrogens is 300 g/mol. The summed E-state index contributed by atoms with van der Waals surface area (Å²) >= 11 is 0. The van der Waals surface area contributed by atoms with E-state index in [4.69, 9.17) is 4.43 Å². The number of nitrogens with zero attached hydrogens (tertiary/aromatic N) is 2. The molecule has 130 valence electrons. The molecule has 1 fully saturated rings. The number of piperazine rings is 1. The average Bonchev–Trinajstić information content (AvgIpc) is 2.51. The molecule has 1 saturated heterocycles. The normalized spacial score (nSPS) is 17.6. The Morgan fingerprint density at radius 2 is 1.61 bits per heavy atom. The maximum Gasteiger partial charge on any atom is 0.186 e. The van der Waals surface area contributed by atoms with Crippen LogP contribution in [0.3, 0.4) is 0 Å². The summed E-state index contributed by atoms with van der Waals surface area (Å²) < 4.78 is 5.92. The molecule has 4 heteroatoms. The molecule has 1 aromatic rings. The van der Waals surface area contributed by atoms with Crippen molar-refractivity contribution in [2.75, 3.05) is 39.3 Å². The van der Waals surface area contributed by atoms with Crippen LogP contribution in [-0.4, -0.2) is 57.4 Å². The van der Waals surface area contributed by atoms with Crippen molar-refractivity contribution in [1.29, 1.82) is 0 Å². The van der Waals surface area contributed by atoms with Gasteiger partial charge in [0.1, 0.15) is 0 Å². The lowest BCUT2D eigenvalue weighted by Crippen LogP contribution is -2.46. The highest BCUT2D eigenvalue weighted by Gasteiger charge is 2.22. The van der Waals surface area contributed by atoms with Crippen molar-refractivity contribution in [3.8, 4) is 0 Å². The molecule has 0 radical (unpaired) electrons. The van der Waals surface area contributed by atoms with E-state index in [2.05, 4.69) is 61.0 Å². The minimum Gasteiger partial charge on any atom is -0.418 e. The van der Waals surface area contributed by atoms with Gasteiger partial charge in [-0.2, -0.15) is 0 Å². The topological polar surface area (TPSA) is 15.7 Å². The van der Waals surface area contributed by atoms with Crippen LogP contribution in [0.15, 0.2) is 24.3 Å². The fourth-order valence-corrected chi connectivity index (χ4v) is 5.25. The molecule has 2 rings (SSSR count). The smallest absolute Gasteiger partial charge is 0.186 e. The standard InChI is InChI=1S/C19H34N2OSi/c1-5-22-23(3,4)16-6-11-20-12-14-21(15-13-20)17-19-9-7-18(2)8-10-19/h7-10H,5-6,11-17H2,1-4H3. The molecule has 1 heterocycles. The van der Waals surface area contributed by atoms with Crippen molar-refractivity contribution < 1.29 is 4.43 Å². The van der Waals surface area contributed by atoms with Crippen LogP contribution in [0.1, 0.15) is 24.5 Å². The SMILES string of the molecule is CCO[Si](C)(C)CCCN1CCN(Cc2ccc(C)cc2)CC1. The fraction of sp³-hybridized carbons (Fsp3) is 0.684. The second-order valence-electron chi connectivity index (χ2n) is 7.40. The molecule has 0 bridgehead atoms. The average molecular weight is 335 g/mol. The highest BCUT2D eigenvalue weighted by molar-refractivity contribution is 6.71. The molecular formula is C19H34N2OSi. The first kappa shape index (κ1) is 18.7. The summed E-state index contributed by atoms with van der Waals surface area (Å²) in [6.45, 7) is 17.0. The van der Waals surface area contributed by atoms with Crippen molar-refractivity contribution in [3.63, 3.8) is 0 Å². The Morgan fingerprint density at radius 3 is 2.22 bits per heavy atom. The first-order valence-corrected chi connectivity index (χ1v) is 12.2. The number of hydrogen-bond donors (Lipinski definition) is 0. The summed E-state index contributed by atoms with van der Waals surface area (Å²) in [7, 11) is -1.39. The molecule has 1 aromatic carbocycles. The van der Waals surface area contributed by atoms with Crippen LogP contribution in [0.25, 0.3) is 0 Å². The van der Waals surface area contributed by atoms with Gasteiger partial charge in [0, 0.05) is 39.3 Å². The Balaban J connectivity index is 1.65. The summed E-state index contributed by atoms with van der Waals surface area (Å²) in [5.41, 5.74) is 2.78. The Labute approximate surface area is 143 Å². The molecule has 23 heavy (non-hydrogen) atoms. The van der Waals surface area contributed by atoms with Crippen LogP contribution in [0.2, 0.25) is 19.1 Å². The monoisotopic (exact) mass is 334 g/mol. The lowest BCUT2D eigenvalue weighted by Gasteiger charge is -2.35. The van der Waals surface area contributed by atoms with Crippen molar-refractivity contribution in [3.05, 3.63) is 35.4 Å². The second-order valence-corrected chi connectivity index (χ2v) is 11.7. The lowest BCUT2D eigenvalue weighted by atomic mass is 10.1. The van der Waals surface area contributed by atoms with Gasteiger partial charge in [-0.1, -0.05) is 29.8 Å². The molecule has 0 unspecified atom stereocenters. The van der Waals surface area contributed by atoms with Crippen LogP contribution in [0.5, 0.6) is 0 Å². The Kier molecular flexibility index (Phi) is 7.28. The maximum absolute atomic E-state index is 5.92. The summed E-state index contributed by atoms with van der Waals surface area (Å²) in [5.74, 6) is 0. The molecule has 1 aliphatic rings. The fourth-order valence-electron chi connectivity index (χ4n) is 3.31. The molecule has 0 amide bonds. The minimum absolute atomic E-state index is 0.872. The summed E-state index contributed by atoms with van der Waals surface area (Å²) in [6, 6.07) is 10.2. The first-order valence-electron chi connectivity index (χ1n) is 9.13. The quantitative estimate of drug-likeness (QED) is 0.674. The van der Waals surface area contributed by atoms with E-state index < -0.39 is 8.32 Å². The van der Waals surface area contributed by atoms with Gasteiger partial charge in [-0.25, -0.2) is 0 Å². The van der Waals surface area contributed by atoms with E-state index in [1.807, 2.05) is 0 Å². The highest BCUT2D eigenvalue weighted by Crippen LogP contribution is 2.15. The van der Waals surface area contributed by atoms with E-state index in [1.54, 1.807) is 0 Å². The molecule has 0 N–H and O–H groups in total. The third-order valence-corrected chi connectivity index (χ3v) is 7.41. The zero-order valence-corrected chi connectivity index (χ0v) is 16.5. The number of aryl methyl sites for hydroxylation is 1. The molecule has 0 aromatic heterocycles. The van der Waals surface area contributed by atoms with E-state index in [9.17, 15) is 0 Å². The highest BCUT2D eigenvalue weighted by atomic mass is 28.4. The Bertz CT molecular complexity index is 453. The van der Waals surface area contributed by atoms with Crippen molar-refractivity contribution in [2.45, 2.75) is 46.0 Å². The predicted octanol–water partition coefficient (Wildman–Crippen LogP) is 3.74. The van der Waals surface area contributed by atoms with Crippen LogP contribution < -0.4 is 0 Å². The van der Waals surface area contributed by atoms with Gasteiger partial charge in [0.2, 0.25) is 0 Å². The van der Waals surface area contributed by atoms with Crippen LogP contribution in [0.4, 0.5) is 0 Å². The van der Waals surface area contributed by atoms with E-state index in [0.717, 1.165) is 13.2 Å². The predicted molar refractivity (Wildman–Crippen MR) is 101 cm³/mol. The zero-order valence-electron chi connectivity index (χ0n) is 15.5. The van der Waals surface area contributed by atoms with Crippen molar-refractivity contribution in [2.24, 2.45) is 0 Å². The number of rotatable bonds is 8. The summed E-state index contributed by atoms with van der Waals surface area (Å²) in [6.07, 6.45) is 1.29. The van der Waals surface area contributed by atoms with Gasteiger partial charge in [0.05, 0.1) is 0 Å². The molecule has 3 nitrogen and oxygen atoms in total. The Morgan fingerprint density at radius 1 is 1.00 bits per heavy atom. The summed E-state index contributed by atoms with van der Waals surface area (Å²) in [5, 5.41) is 0. The zero-order chi connectivity index (χ0) is 16.7. The molecule has 0 spiro atoms. The van der Waals surface area contributed by atoms with Gasteiger partial charge >= 0.3 is 0 Å². The van der Waals surface area contributed by atoms with E-state index in [1.165, 1.54) is 56.3 Å². The van der Waals surface area contributed by atoms with Gasteiger partial charge in [-0.05, 0) is 51.5 Å². The lowest BCUT2D eigenvalue weighted by molar-refractivity contribution is 0.127. The number of benzene rings is 1. The third kappa shape index (κ3) is 6.75. The second kappa shape index (κ2) is 8.97. The first-order chi connectivity index (χ1) is 11.0. The maximum atomic E-state index is 5.92. The largest absolute Gasteiger partial charge is 0.418 e. The Hall–Kier alpha value is -0.683. The van der Waals surface area contributed by atoms with Gasteiger partial charge in [-0.15, -0.1) is 0 Å². The van der Waals surface area contributed by atoms with Crippen LogP contribution in [-0.2, 0) is 11.0 Å². The summed E-state index contributed by atoms with van der Waals surface area (Å²) in [4.78, 5) is 5.21. The van der Waals surface area contributed by atoms with Crippen molar-refractivity contribution >= 4 is 8.32 Å². The molecule has 0 aliphatic carbocycles. The van der Waals surface area contributed by atoms with E-state index in [0.29, 0.717) is 0 Å². The molecule has 0 saturated carbocycles. The van der Waals surface area contributed by atoms with Gasteiger partial charge < -0.3 is 9.33 Å². The van der Waals surface area contributed by atoms with Gasteiger partial charge in [0.15, 0.2) is 8.32 Å². The van der Waals surface area contributed by atoms with E-state index in [-0.39, 0.29) is 0 Å². The molecule has 1 aliphatic heterocycles. The van der Waals surface area contributed by atoms with E-state index >= 15 is 0 Å². The molecule has 0 atom stereocenters. The van der Waals surface area contributed by atoms with Crippen molar-refractivity contribution in [1.82, 2.24) is 9.80 Å². The minimum atomic E-state index is -1.39. The van der Waals surface area contributed by atoms with Crippen LogP contribution >= 0.6 is 0 Å². The van der Waals surface area contributed by atoms with Gasteiger partial charge in [-0.3, -0.25) is 4.90 Å². The van der Waals surface area contributed by atoms with Crippen LogP contribution in [0, 0.1) is 6.92 Å². The number of hydrogen-bond acceptors (Lipinski definition) is 3. The third-order valence-electron chi connectivity index (χ3n) is 4.78.